The summed E-state index contributed by atoms with van der Waals surface area (Å²) in [5, 5.41) is 33.5. The normalized spacial score (nSPS) is 22.4. The molecule has 5 aromatic rings. The first kappa shape index (κ1) is 39.5. The number of fused-ring (bicyclic) bond motifs is 2. The van der Waals surface area contributed by atoms with Crippen LogP contribution < -0.4 is 20.9 Å². The third-order valence-electron chi connectivity index (χ3n) is 13.3. The van der Waals surface area contributed by atoms with Crippen LogP contribution in [-0.2, 0) is 14.4 Å². The smallest absolute Gasteiger partial charge is 0.262 e. The highest BCUT2D eigenvalue weighted by atomic mass is 32.1. The Hall–Kier alpha value is -6.58. The first-order valence-electron chi connectivity index (χ1n) is 21.1. The highest BCUT2D eigenvalue weighted by molar-refractivity contribution is 7.14. The van der Waals surface area contributed by atoms with Crippen LogP contribution in [-0.4, -0.2) is 116 Å². The maximum absolute atomic E-state index is 13.3. The van der Waals surface area contributed by atoms with E-state index in [1.165, 1.54) is 0 Å². The fraction of sp³-hybridized carbons (Fsp3) is 0.409. The number of pyridine rings is 1. The molecule has 1 unspecified atom stereocenters. The number of carbonyl (C=O) groups is 5. The van der Waals surface area contributed by atoms with Crippen molar-refractivity contribution in [1.82, 2.24) is 45.2 Å². The number of anilines is 2. The van der Waals surface area contributed by atoms with E-state index in [2.05, 4.69) is 47.1 Å². The number of hydrogen-bond donors (Lipinski definition) is 3. The standard InChI is InChI=1S/C44H44N12O5S/c1-46-33-18-34(35-9-7-29-16-25(19-45)20-48-56(29)35)47-21-32(33)41-52-51-40(62-41)26-2-4-27(5-3-26)49-38(58)22-53-14-12-44(13-15-53)23-54(24-44)28-6-8-30-31(17-28)43(61)55(42(30)60)36-10-11-37(57)50-39(36)59/h6-9,16-18,20-21,26-27,36H,2-5,10-15,22-24H2,1H3,(H,46,47)(H,49,58)(H,50,57,59). The molecule has 3 saturated heterocycles. The van der Waals surface area contributed by atoms with Crippen LogP contribution in [0.5, 0.6) is 0 Å². The molecule has 316 valence electrons. The number of imide groups is 2. The van der Waals surface area contributed by atoms with Crippen molar-refractivity contribution in [2.75, 3.05) is 50.0 Å². The molecule has 1 aromatic carbocycles. The van der Waals surface area contributed by atoms with E-state index < -0.39 is 29.7 Å². The van der Waals surface area contributed by atoms with E-state index in [9.17, 15) is 29.2 Å². The molecule has 4 aromatic heterocycles. The summed E-state index contributed by atoms with van der Waals surface area (Å²) in [4.78, 5) is 74.0. The largest absolute Gasteiger partial charge is 0.387 e. The number of aromatic nitrogens is 5. The quantitative estimate of drug-likeness (QED) is 0.180. The number of benzene rings is 1. The van der Waals surface area contributed by atoms with Crippen LogP contribution in [0.4, 0.5) is 11.4 Å². The molecule has 4 aliphatic heterocycles. The molecule has 17 nitrogen and oxygen atoms in total. The summed E-state index contributed by atoms with van der Waals surface area (Å²) in [5.74, 6) is -1.67. The molecule has 18 heteroatoms. The minimum absolute atomic E-state index is 0.0629. The molecule has 5 aliphatic rings. The van der Waals surface area contributed by atoms with Crippen LogP contribution >= 0.6 is 11.3 Å². The van der Waals surface area contributed by atoms with E-state index in [1.54, 1.807) is 40.2 Å². The van der Waals surface area contributed by atoms with Gasteiger partial charge in [0.15, 0.2) is 5.01 Å². The Morgan fingerprint density at radius 1 is 0.935 bits per heavy atom. The average molecular weight is 853 g/mol. The number of amides is 5. The number of hydrogen-bond acceptors (Lipinski definition) is 14. The van der Waals surface area contributed by atoms with Crippen molar-refractivity contribution in [2.45, 2.75) is 69.4 Å². The molecule has 1 atom stereocenters. The number of likely N-dealkylation sites (tertiary alicyclic amines) is 1. The highest BCUT2D eigenvalue weighted by Gasteiger charge is 2.47. The predicted molar refractivity (Wildman–Crippen MR) is 228 cm³/mol. The molecule has 3 N–H and O–H groups in total. The Kier molecular flexibility index (Phi) is 10.0. The zero-order chi connectivity index (χ0) is 42.7. The Balaban J connectivity index is 0.680. The molecule has 4 fully saturated rings. The second kappa shape index (κ2) is 15.7. The molecule has 1 spiro atoms. The Morgan fingerprint density at radius 3 is 2.48 bits per heavy atom. The number of piperidine rings is 2. The molecule has 0 radical (unpaired) electrons. The second-order valence-corrected chi connectivity index (χ2v) is 18.2. The van der Waals surface area contributed by atoms with Gasteiger partial charge in [-0.3, -0.25) is 44.1 Å². The van der Waals surface area contributed by atoms with Gasteiger partial charge in [0.25, 0.3) is 11.8 Å². The van der Waals surface area contributed by atoms with Gasteiger partial charge in [-0.05, 0) is 100 Å². The SMILES string of the molecule is CNc1cc(-c2ccc3cc(C#N)cnn23)ncc1-c1nnc(C2CCC(NC(=O)CN3CCC4(CC3)CN(c3ccc5c(c3)C(=O)N(C3CCC(=O)NC3=O)C5=O)C4)CC2)s1. The maximum Gasteiger partial charge on any atom is 0.262 e. The number of nitrogens with one attached hydrogen (secondary N) is 3. The molecular formula is C44H44N12O5S. The third-order valence-corrected chi connectivity index (χ3v) is 14.4. The van der Waals surface area contributed by atoms with Gasteiger partial charge >= 0.3 is 0 Å². The fourth-order valence-electron chi connectivity index (χ4n) is 9.80. The summed E-state index contributed by atoms with van der Waals surface area (Å²) in [6.07, 6.45) is 9.13. The van der Waals surface area contributed by atoms with Gasteiger partial charge in [0, 0.05) is 61.5 Å². The van der Waals surface area contributed by atoms with Gasteiger partial charge in [-0.2, -0.15) is 10.4 Å². The molecule has 0 bridgehead atoms. The Labute approximate surface area is 360 Å². The van der Waals surface area contributed by atoms with Gasteiger partial charge in [0.1, 0.15) is 17.1 Å². The second-order valence-electron chi connectivity index (χ2n) is 17.1. The maximum atomic E-state index is 13.3. The summed E-state index contributed by atoms with van der Waals surface area (Å²) in [6.45, 7) is 3.72. The number of carbonyl (C=O) groups excluding carboxylic acids is 5. The van der Waals surface area contributed by atoms with Crippen molar-refractivity contribution in [3.8, 4) is 28.0 Å². The van der Waals surface area contributed by atoms with E-state index in [0.29, 0.717) is 17.7 Å². The lowest BCUT2D eigenvalue weighted by Gasteiger charge is -2.55. The van der Waals surface area contributed by atoms with E-state index in [-0.39, 0.29) is 41.7 Å². The molecule has 10 rings (SSSR count). The van der Waals surface area contributed by atoms with Gasteiger partial charge in [-0.25, -0.2) is 4.52 Å². The first-order valence-corrected chi connectivity index (χ1v) is 21.9. The summed E-state index contributed by atoms with van der Waals surface area (Å²) in [6, 6.07) is 14.2. The van der Waals surface area contributed by atoms with Crippen molar-refractivity contribution in [1.29, 1.82) is 5.26 Å². The van der Waals surface area contributed by atoms with E-state index in [4.69, 9.17) is 4.98 Å². The van der Waals surface area contributed by atoms with Crippen LogP contribution in [0.25, 0.3) is 27.5 Å². The van der Waals surface area contributed by atoms with Crippen molar-refractivity contribution in [2.24, 2.45) is 5.41 Å². The van der Waals surface area contributed by atoms with Crippen LogP contribution in [0.3, 0.4) is 0 Å². The van der Waals surface area contributed by atoms with Gasteiger partial charge < -0.3 is 15.5 Å². The summed E-state index contributed by atoms with van der Waals surface area (Å²) in [7, 11) is 1.87. The number of nitriles is 1. The van der Waals surface area contributed by atoms with Crippen molar-refractivity contribution >= 4 is 57.8 Å². The topological polar surface area (TPSA) is 211 Å². The van der Waals surface area contributed by atoms with Crippen LogP contribution in [0.1, 0.15) is 88.6 Å². The van der Waals surface area contributed by atoms with Crippen LogP contribution in [0.15, 0.2) is 54.9 Å². The zero-order valence-electron chi connectivity index (χ0n) is 34.1. The van der Waals surface area contributed by atoms with Crippen LogP contribution in [0, 0.1) is 16.7 Å². The lowest BCUT2D eigenvalue weighted by atomic mass is 9.71. The predicted octanol–water partition coefficient (Wildman–Crippen LogP) is 3.97. The molecule has 1 aliphatic carbocycles. The third kappa shape index (κ3) is 7.14. The molecular weight excluding hydrogens is 809 g/mol. The minimum Gasteiger partial charge on any atom is -0.387 e. The lowest BCUT2D eigenvalue weighted by Crippen LogP contribution is -2.61. The van der Waals surface area contributed by atoms with E-state index >= 15 is 0 Å². The Morgan fingerprint density at radius 2 is 1.73 bits per heavy atom. The van der Waals surface area contributed by atoms with Gasteiger partial charge in [0.2, 0.25) is 17.7 Å². The summed E-state index contributed by atoms with van der Waals surface area (Å²) in [5.41, 5.74) is 6.21. The van der Waals surface area contributed by atoms with Gasteiger partial charge in [0.05, 0.1) is 51.9 Å². The number of rotatable bonds is 9. The molecule has 62 heavy (non-hydrogen) atoms. The molecule has 1 saturated carbocycles. The van der Waals surface area contributed by atoms with Gasteiger partial charge in [-0.15, -0.1) is 10.2 Å². The molecule has 5 amide bonds. The summed E-state index contributed by atoms with van der Waals surface area (Å²) >= 11 is 1.59. The van der Waals surface area contributed by atoms with E-state index in [0.717, 1.165) is 113 Å². The fourth-order valence-corrected chi connectivity index (χ4v) is 10.8. The van der Waals surface area contributed by atoms with Gasteiger partial charge in [-0.1, -0.05) is 11.3 Å². The lowest BCUT2D eigenvalue weighted by molar-refractivity contribution is -0.136. The molecule has 8 heterocycles. The van der Waals surface area contributed by atoms with Crippen molar-refractivity contribution in [3.05, 3.63) is 76.6 Å². The van der Waals surface area contributed by atoms with E-state index in [1.807, 2.05) is 37.5 Å². The summed E-state index contributed by atoms with van der Waals surface area (Å²) < 4.78 is 1.77. The zero-order valence-corrected chi connectivity index (χ0v) is 34.9. The highest BCUT2D eigenvalue weighted by Crippen LogP contribution is 2.44. The number of nitrogens with zero attached hydrogens (tertiary/aromatic N) is 9. The first-order chi connectivity index (χ1) is 30.1. The average Bonchev–Trinajstić information content (AvgIpc) is 4.00. The van der Waals surface area contributed by atoms with Crippen molar-refractivity contribution < 1.29 is 24.0 Å². The Bertz CT molecular complexity index is 2700. The van der Waals surface area contributed by atoms with Crippen molar-refractivity contribution in [3.63, 3.8) is 0 Å². The minimum atomic E-state index is -0.984. The van der Waals surface area contributed by atoms with Crippen LogP contribution in [0.2, 0.25) is 0 Å². The monoisotopic (exact) mass is 852 g/mol.